The van der Waals surface area contributed by atoms with Crippen LogP contribution in [-0.2, 0) is 0 Å². The van der Waals surface area contributed by atoms with Crippen LogP contribution in [0, 0.1) is 12.8 Å². The molecule has 1 atom stereocenters. The summed E-state index contributed by atoms with van der Waals surface area (Å²) in [7, 11) is 3.38. The van der Waals surface area contributed by atoms with Gasteiger partial charge in [-0.05, 0) is 44.5 Å². The van der Waals surface area contributed by atoms with Crippen LogP contribution in [0.4, 0.5) is 5.69 Å². The molecule has 0 aromatic heterocycles. The Morgan fingerprint density at radius 1 is 1.33 bits per heavy atom. The van der Waals surface area contributed by atoms with E-state index in [1.165, 1.54) is 6.42 Å². The molecule has 2 rings (SSSR count). The number of methoxy groups -OCH3 is 2. The second kappa shape index (κ2) is 5.96. The summed E-state index contributed by atoms with van der Waals surface area (Å²) >= 11 is 0. The van der Waals surface area contributed by atoms with Crippen molar-refractivity contribution in [1.29, 1.82) is 0 Å². The molecule has 0 aliphatic carbocycles. The van der Waals surface area contributed by atoms with Gasteiger partial charge in [0.25, 0.3) is 0 Å². The molecule has 4 nitrogen and oxygen atoms in total. The molecule has 0 spiro atoms. The number of benzene rings is 1. The zero-order chi connectivity index (χ0) is 13.0. The standard InChI is InChI=1S/C14H22N2O2/c1-10-13(17-2)5-4-12(14(10)18-3)16-9-11-6-7-15-8-11/h4-5,11,15-16H,6-9H2,1-3H3. The Kier molecular flexibility index (Phi) is 4.31. The number of ether oxygens (including phenoxy) is 2. The Hall–Kier alpha value is -1.42. The van der Waals surface area contributed by atoms with E-state index in [0.717, 1.165) is 42.4 Å². The highest BCUT2D eigenvalue weighted by Crippen LogP contribution is 2.35. The largest absolute Gasteiger partial charge is 0.496 e. The quantitative estimate of drug-likeness (QED) is 0.839. The van der Waals surface area contributed by atoms with Crippen LogP contribution in [0.1, 0.15) is 12.0 Å². The van der Waals surface area contributed by atoms with Crippen molar-refractivity contribution in [3.05, 3.63) is 17.7 Å². The van der Waals surface area contributed by atoms with Crippen molar-refractivity contribution in [2.45, 2.75) is 13.3 Å². The highest BCUT2D eigenvalue weighted by molar-refractivity contribution is 5.63. The van der Waals surface area contributed by atoms with Gasteiger partial charge in [0.2, 0.25) is 0 Å². The van der Waals surface area contributed by atoms with Gasteiger partial charge in [0.15, 0.2) is 0 Å². The van der Waals surface area contributed by atoms with E-state index in [1.54, 1.807) is 14.2 Å². The Bertz CT molecular complexity index is 401. The van der Waals surface area contributed by atoms with Crippen molar-refractivity contribution in [3.63, 3.8) is 0 Å². The summed E-state index contributed by atoms with van der Waals surface area (Å²) in [6.07, 6.45) is 1.24. The number of nitrogens with one attached hydrogen (secondary N) is 2. The minimum Gasteiger partial charge on any atom is -0.496 e. The van der Waals surface area contributed by atoms with Crippen molar-refractivity contribution in [1.82, 2.24) is 5.32 Å². The molecule has 0 radical (unpaired) electrons. The molecule has 1 aliphatic heterocycles. The van der Waals surface area contributed by atoms with E-state index in [2.05, 4.69) is 10.6 Å². The molecule has 1 aromatic carbocycles. The van der Waals surface area contributed by atoms with Gasteiger partial charge >= 0.3 is 0 Å². The van der Waals surface area contributed by atoms with Crippen LogP contribution in [-0.4, -0.2) is 33.9 Å². The molecular formula is C14H22N2O2. The van der Waals surface area contributed by atoms with Gasteiger partial charge in [-0.15, -0.1) is 0 Å². The lowest BCUT2D eigenvalue weighted by Gasteiger charge is -2.17. The maximum absolute atomic E-state index is 5.48. The average molecular weight is 250 g/mol. The summed E-state index contributed by atoms with van der Waals surface area (Å²) < 4.78 is 10.8. The third-order valence-electron chi connectivity index (χ3n) is 3.52. The zero-order valence-electron chi connectivity index (χ0n) is 11.4. The van der Waals surface area contributed by atoms with Gasteiger partial charge in [-0.25, -0.2) is 0 Å². The van der Waals surface area contributed by atoms with Gasteiger partial charge in [0.1, 0.15) is 11.5 Å². The van der Waals surface area contributed by atoms with Gasteiger partial charge in [0, 0.05) is 12.1 Å². The molecule has 0 amide bonds. The maximum atomic E-state index is 5.48. The van der Waals surface area contributed by atoms with Crippen molar-refractivity contribution in [2.75, 3.05) is 39.2 Å². The molecule has 1 aromatic rings. The molecule has 1 unspecified atom stereocenters. The highest BCUT2D eigenvalue weighted by atomic mass is 16.5. The summed E-state index contributed by atoms with van der Waals surface area (Å²) in [5.41, 5.74) is 2.08. The molecule has 0 bridgehead atoms. The fourth-order valence-electron chi connectivity index (χ4n) is 2.44. The smallest absolute Gasteiger partial charge is 0.148 e. The lowest BCUT2D eigenvalue weighted by Crippen LogP contribution is -2.17. The highest BCUT2D eigenvalue weighted by Gasteiger charge is 2.16. The molecule has 0 saturated carbocycles. The third-order valence-corrected chi connectivity index (χ3v) is 3.52. The van der Waals surface area contributed by atoms with E-state index in [-0.39, 0.29) is 0 Å². The first-order valence-electron chi connectivity index (χ1n) is 6.42. The first-order chi connectivity index (χ1) is 8.76. The molecule has 1 saturated heterocycles. The molecule has 4 heteroatoms. The lowest BCUT2D eigenvalue weighted by atomic mass is 10.1. The normalized spacial score (nSPS) is 18.7. The Balaban J connectivity index is 2.09. The topological polar surface area (TPSA) is 42.5 Å². The number of rotatable bonds is 5. The fraction of sp³-hybridized carbons (Fsp3) is 0.571. The van der Waals surface area contributed by atoms with Crippen molar-refractivity contribution in [2.24, 2.45) is 5.92 Å². The minimum atomic E-state index is 0.706. The van der Waals surface area contributed by atoms with Gasteiger partial charge in [-0.3, -0.25) is 0 Å². The molecule has 100 valence electrons. The summed E-state index contributed by atoms with van der Waals surface area (Å²) in [5, 5.41) is 6.85. The van der Waals surface area contributed by atoms with Crippen molar-refractivity contribution in [3.8, 4) is 11.5 Å². The van der Waals surface area contributed by atoms with Gasteiger partial charge in [-0.1, -0.05) is 0 Å². The zero-order valence-corrected chi connectivity index (χ0v) is 11.4. The van der Waals surface area contributed by atoms with E-state index in [1.807, 2.05) is 19.1 Å². The monoisotopic (exact) mass is 250 g/mol. The van der Waals surface area contributed by atoms with Crippen LogP contribution in [0.25, 0.3) is 0 Å². The maximum Gasteiger partial charge on any atom is 0.148 e. The SMILES string of the molecule is COc1ccc(NCC2CCNC2)c(OC)c1C. The van der Waals surface area contributed by atoms with Crippen LogP contribution in [0.2, 0.25) is 0 Å². The Morgan fingerprint density at radius 3 is 2.78 bits per heavy atom. The van der Waals surface area contributed by atoms with E-state index in [0.29, 0.717) is 5.92 Å². The summed E-state index contributed by atoms with van der Waals surface area (Å²) in [4.78, 5) is 0. The minimum absolute atomic E-state index is 0.706. The predicted molar refractivity (Wildman–Crippen MR) is 73.7 cm³/mol. The lowest BCUT2D eigenvalue weighted by molar-refractivity contribution is 0.389. The van der Waals surface area contributed by atoms with E-state index >= 15 is 0 Å². The number of hydrogen-bond donors (Lipinski definition) is 2. The second-order valence-electron chi connectivity index (χ2n) is 4.71. The van der Waals surface area contributed by atoms with Crippen LogP contribution in [0.5, 0.6) is 11.5 Å². The van der Waals surface area contributed by atoms with E-state index in [9.17, 15) is 0 Å². The molecular weight excluding hydrogens is 228 g/mol. The average Bonchev–Trinajstić information content (AvgIpc) is 2.89. The van der Waals surface area contributed by atoms with Crippen LogP contribution in [0.3, 0.4) is 0 Å². The Morgan fingerprint density at radius 2 is 2.17 bits per heavy atom. The molecule has 1 aliphatic rings. The van der Waals surface area contributed by atoms with Crippen LogP contribution >= 0.6 is 0 Å². The summed E-state index contributed by atoms with van der Waals surface area (Å²) in [6.45, 7) is 5.23. The number of hydrogen-bond acceptors (Lipinski definition) is 4. The first-order valence-corrected chi connectivity index (χ1v) is 6.42. The third kappa shape index (κ3) is 2.70. The van der Waals surface area contributed by atoms with E-state index in [4.69, 9.17) is 9.47 Å². The van der Waals surface area contributed by atoms with E-state index < -0.39 is 0 Å². The van der Waals surface area contributed by atoms with Crippen LogP contribution in [0.15, 0.2) is 12.1 Å². The molecule has 1 heterocycles. The first kappa shape index (κ1) is 13.0. The second-order valence-corrected chi connectivity index (χ2v) is 4.71. The molecule has 18 heavy (non-hydrogen) atoms. The summed E-state index contributed by atoms with van der Waals surface area (Å²) in [5.74, 6) is 2.44. The van der Waals surface area contributed by atoms with Gasteiger partial charge in [-0.2, -0.15) is 0 Å². The Labute approximate surface area is 109 Å². The fourth-order valence-corrected chi connectivity index (χ4v) is 2.44. The van der Waals surface area contributed by atoms with Gasteiger partial charge in [0.05, 0.1) is 19.9 Å². The molecule has 1 fully saturated rings. The van der Waals surface area contributed by atoms with Crippen molar-refractivity contribution < 1.29 is 9.47 Å². The van der Waals surface area contributed by atoms with Gasteiger partial charge < -0.3 is 20.1 Å². The summed E-state index contributed by atoms with van der Waals surface area (Å²) in [6, 6.07) is 4.00. The molecule has 2 N–H and O–H groups in total. The van der Waals surface area contributed by atoms with Crippen molar-refractivity contribution >= 4 is 5.69 Å². The number of anilines is 1. The predicted octanol–water partition coefficient (Wildman–Crippen LogP) is 2.03. The van der Waals surface area contributed by atoms with Crippen LogP contribution < -0.4 is 20.1 Å².